The zero-order valence-corrected chi connectivity index (χ0v) is 12.7. The van der Waals surface area contributed by atoms with E-state index in [4.69, 9.17) is 0 Å². The Morgan fingerprint density at radius 3 is 2.88 bits per heavy atom. The molecule has 0 amide bonds. The van der Waals surface area contributed by atoms with Crippen LogP contribution in [0.4, 0.5) is 11.4 Å². The number of nitrogens with zero attached hydrogens (tertiary/aromatic N) is 1. The minimum absolute atomic E-state index is 0.147. The van der Waals surface area contributed by atoms with Crippen molar-refractivity contribution in [2.24, 2.45) is 5.92 Å². The zero-order chi connectivity index (χ0) is 12.8. The number of anilines is 1. The normalized spacial score (nSPS) is 12.2. The SMILES string of the molecule is CSCC(C)CNc1ccc(I)cc1[N+](=O)[O-]. The lowest BCUT2D eigenvalue weighted by Crippen LogP contribution is -2.14. The van der Waals surface area contributed by atoms with Crippen molar-refractivity contribution in [1.29, 1.82) is 0 Å². The molecule has 0 bridgehead atoms. The summed E-state index contributed by atoms with van der Waals surface area (Å²) in [6.45, 7) is 2.88. The number of nitrogens with one attached hydrogen (secondary N) is 1. The van der Waals surface area contributed by atoms with Crippen LogP contribution in [-0.2, 0) is 0 Å². The highest BCUT2D eigenvalue weighted by Gasteiger charge is 2.14. The summed E-state index contributed by atoms with van der Waals surface area (Å²) < 4.78 is 0.872. The third-order valence-electron chi connectivity index (χ3n) is 2.25. The summed E-state index contributed by atoms with van der Waals surface area (Å²) >= 11 is 3.86. The van der Waals surface area contributed by atoms with Gasteiger partial charge in [-0.3, -0.25) is 10.1 Å². The predicted octanol–water partition coefficient (Wildman–Crippen LogP) is 3.61. The van der Waals surface area contributed by atoms with Crippen LogP contribution in [0.15, 0.2) is 18.2 Å². The summed E-state index contributed by atoms with van der Waals surface area (Å²) in [7, 11) is 0. The zero-order valence-electron chi connectivity index (χ0n) is 9.77. The van der Waals surface area contributed by atoms with E-state index in [-0.39, 0.29) is 10.6 Å². The first-order valence-corrected chi connectivity index (χ1v) is 7.68. The van der Waals surface area contributed by atoms with Crippen molar-refractivity contribution >= 4 is 45.7 Å². The Bertz CT molecular complexity index is 401. The lowest BCUT2D eigenvalue weighted by Gasteiger charge is -2.12. The van der Waals surface area contributed by atoms with E-state index in [1.54, 1.807) is 23.9 Å². The smallest absolute Gasteiger partial charge is 0.293 e. The highest BCUT2D eigenvalue weighted by Crippen LogP contribution is 2.26. The third-order valence-corrected chi connectivity index (χ3v) is 3.82. The first-order valence-electron chi connectivity index (χ1n) is 5.21. The minimum atomic E-state index is -0.344. The van der Waals surface area contributed by atoms with Crippen molar-refractivity contribution in [3.05, 3.63) is 31.9 Å². The molecule has 4 nitrogen and oxygen atoms in total. The van der Waals surface area contributed by atoms with E-state index in [9.17, 15) is 10.1 Å². The third kappa shape index (κ3) is 4.71. The molecular formula is C11H15IN2O2S. The average Bonchev–Trinajstić information content (AvgIpc) is 2.27. The molecule has 0 aliphatic rings. The Labute approximate surface area is 119 Å². The minimum Gasteiger partial charge on any atom is -0.379 e. The molecule has 0 aliphatic heterocycles. The van der Waals surface area contributed by atoms with Crippen LogP contribution in [0.2, 0.25) is 0 Å². The molecule has 0 aliphatic carbocycles. The largest absolute Gasteiger partial charge is 0.379 e. The number of rotatable bonds is 6. The molecule has 1 aromatic carbocycles. The van der Waals surface area contributed by atoms with Gasteiger partial charge in [0.1, 0.15) is 5.69 Å². The molecule has 1 atom stereocenters. The van der Waals surface area contributed by atoms with E-state index in [2.05, 4.69) is 41.1 Å². The van der Waals surface area contributed by atoms with Gasteiger partial charge in [-0.15, -0.1) is 0 Å². The van der Waals surface area contributed by atoms with E-state index < -0.39 is 0 Å². The molecule has 1 N–H and O–H groups in total. The molecule has 1 rings (SSSR count). The van der Waals surface area contributed by atoms with Gasteiger partial charge in [-0.2, -0.15) is 11.8 Å². The second kappa shape index (κ2) is 7.05. The number of nitro groups is 1. The van der Waals surface area contributed by atoms with Crippen LogP contribution in [0.1, 0.15) is 6.92 Å². The van der Waals surface area contributed by atoms with Gasteiger partial charge in [-0.1, -0.05) is 6.92 Å². The summed E-state index contributed by atoms with van der Waals surface area (Å²) in [4.78, 5) is 10.6. The van der Waals surface area contributed by atoms with E-state index in [1.165, 1.54) is 0 Å². The molecule has 94 valence electrons. The van der Waals surface area contributed by atoms with Gasteiger partial charge in [0.2, 0.25) is 0 Å². The van der Waals surface area contributed by atoms with Crippen molar-refractivity contribution in [2.45, 2.75) is 6.92 Å². The van der Waals surface area contributed by atoms with Crippen LogP contribution in [-0.4, -0.2) is 23.5 Å². The Morgan fingerprint density at radius 2 is 2.29 bits per heavy atom. The second-order valence-corrected chi connectivity index (χ2v) is 6.02. The number of benzene rings is 1. The molecule has 0 saturated heterocycles. The maximum absolute atomic E-state index is 10.9. The maximum atomic E-state index is 10.9. The van der Waals surface area contributed by atoms with Gasteiger partial charge in [-0.05, 0) is 52.7 Å². The van der Waals surface area contributed by atoms with Gasteiger partial charge >= 0.3 is 0 Å². The van der Waals surface area contributed by atoms with Crippen LogP contribution in [0.5, 0.6) is 0 Å². The number of thioether (sulfide) groups is 1. The van der Waals surface area contributed by atoms with Crippen molar-refractivity contribution < 1.29 is 4.92 Å². The topological polar surface area (TPSA) is 55.2 Å². The molecule has 0 radical (unpaired) electrons. The number of halogens is 1. The standard InChI is InChI=1S/C11H15IN2O2S/c1-8(7-17-2)6-13-10-4-3-9(12)5-11(10)14(15)16/h3-5,8,13H,6-7H2,1-2H3. The number of hydrogen-bond donors (Lipinski definition) is 1. The molecule has 1 aromatic rings. The molecular weight excluding hydrogens is 351 g/mol. The van der Waals surface area contributed by atoms with Crippen LogP contribution >= 0.6 is 34.4 Å². The predicted molar refractivity (Wildman–Crippen MR) is 81.8 cm³/mol. The molecule has 0 spiro atoms. The van der Waals surface area contributed by atoms with Gasteiger partial charge in [0.25, 0.3) is 5.69 Å². The first kappa shape index (κ1) is 14.6. The molecule has 0 saturated carbocycles. The fourth-order valence-electron chi connectivity index (χ4n) is 1.43. The van der Waals surface area contributed by atoms with E-state index in [0.29, 0.717) is 11.6 Å². The highest BCUT2D eigenvalue weighted by atomic mass is 127. The van der Waals surface area contributed by atoms with Crippen LogP contribution < -0.4 is 5.32 Å². The van der Waals surface area contributed by atoms with Gasteiger partial charge in [0.05, 0.1) is 4.92 Å². The van der Waals surface area contributed by atoms with Crippen molar-refractivity contribution in [3.8, 4) is 0 Å². The van der Waals surface area contributed by atoms with Gasteiger partial charge in [-0.25, -0.2) is 0 Å². The van der Waals surface area contributed by atoms with E-state index >= 15 is 0 Å². The van der Waals surface area contributed by atoms with Crippen molar-refractivity contribution in [3.63, 3.8) is 0 Å². The summed E-state index contributed by atoms with van der Waals surface area (Å²) in [5, 5.41) is 14.1. The Kier molecular flexibility index (Phi) is 6.04. The fourth-order valence-corrected chi connectivity index (χ4v) is 2.59. The molecule has 17 heavy (non-hydrogen) atoms. The number of hydrogen-bond acceptors (Lipinski definition) is 4. The van der Waals surface area contributed by atoms with E-state index in [1.807, 2.05) is 6.07 Å². The molecule has 0 heterocycles. The van der Waals surface area contributed by atoms with Crippen LogP contribution in [0, 0.1) is 19.6 Å². The highest BCUT2D eigenvalue weighted by molar-refractivity contribution is 14.1. The fraction of sp³-hybridized carbons (Fsp3) is 0.455. The molecule has 0 fully saturated rings. The lowest BCUT2D eigenvalue weighted by molar-refractivity contribution is -0.384. The summed E-state index contributed by atoms with van der Waals surface area (Å²) in [5.41, 5.74) is 0.747. The monoisotopic (exact) mass is 366 g/mol. The molecule has 0 aromatic heterocycles. The van der Waals surface area contributed by atoms with Crippen LogP contribution in [0.3, 0.4) is 0 Å². The van der Waals surface area contributed by atoms with Gasteiger partial charge < -0.3 is 5.32 Å². The Balaban J connectivity index is 2.73. The van der Waals surface area contributed by atoms with Gasteiger partial charge in [0, 0.05) is 16.2 Å². The van der Waals surface area contributed by atoms with Crippen molar-refractivity contribution in [2.75, 3.05) is 23.9 Å². The maximum Gasteiger partial charge on any atom is 0.293 e. The second-order valence-electron chi connectivity index (χ2n) is 3.86. The molecule has 1 unspecified atom stereocenters. The Morgan fingerprint density at radius 1 is 1.59 bits per heavy atom. The summed E-state index contributed by atoms with van der Waals surface area (Å²) in [6.07, 6.45) is 2.06. The lowest BCUT2D eigenvalue weighted by atomic mass is 10.2. The average molecular weight is 366 g/mol. The quantitative estimate of drug-likeness (QED) is 0.475. The first-order chi connectivity index (χ1) is 8.04. The van der Waals surface area contributed by atoms with Crippen LogP contribution in [0.25, 0.3) is 0 Å². The molecule has 6 heteroatoms. The summed E-state index contributed by atoms with van der Waals surface area (Å²) in [6, 6.07) is 5.23. The number of nitro benzene ring substituents is 1. The summed E-state index contributed by atoms with van der Waals surface area (Å²) in [5.74, 6) is 1.54. The van der Waals surface area contributed by atoms with Gasteiger partial charge in [0.15, 0.2) is 0 Å². The Hall–Kier alpha value is -0.500. The van der Waals surface area contributed by atoms with E-state index in [0.717, 1.165) is 15.9 Å². The van der Waals surface area contributed by atoms with Crippen molar-refractivity contribution in [1.82, 2.24) is 0 Å².